The van der Waals surface area contributed by atoms with Crippen LogP contribution in [0.2, 0.25) is 0 Å². The Labute approximate surface area is 122 Å². The van der Waals surface area contributed by atoms with Gasteiger partial charge >= 0.3 is 0 Å². The van der Waals surface area contributed by atoms with Crippen LogP contribution in [0.1, 0.15) is 34.0 Å². The van der Waals surface area contributed by atoms with Gasteiger partial charge in [-0.1, -0.05) is 18.2 Å². The second-order valence-electron chi connectivity index (χ2n) is 5.34. The van der Waals surface area contributed by atoms with Crippen molar-refractivity contribution in [3.05, 3.63) is 65.0 Å². The maximum Gasteiger partial charge on any atom is 0.258 e. The minimum Gasteiger partial charge on any atom is -0.388 e. The van der Waals surface area contributed by atoms with E-state index in [1.165, 1.54) is 12.1 Å². The van der Waals surface area contributed by atoms with Crippen molar-refractivity contribution in [2.24, 2.45) is 0 Å². The second kappa shape index (κ2) is 5.30. The van der Waals surface area contributed by atoms with Crippen LogP contribution in [0.25, 0.3) is 0 Å². The van der Waals surface area contributed by atoms with Crippen molar-refractivity contribution in [3.8, 4) is 0 Å². The van der Waals surface area contributed by atoms with E-state index in [2.05, 4.69) is 0 Å². The van der Waals surface area contributed by atoms with E-state index < -0.39 is 11.9 Å². The van der Waals surface area contributed by atoms with E-state index in [1.54, 1.807) is 17.9 Å². The van der Waals surface area contributed by atoms with Crippen LogP contribution < -0.4 is 4.90 Å². The van der Waals surface area contributed by atoms with E-state index in [4.69, 9.17) is 0 Å². The summed E-state index contributed by atoms with van der Waals surface area (Å²) in [6.07, 6.45) is -0.0728. The van der Waals surface area contributed by atoms with Gasteiger partial charge < -0.3 is 10.0 Å². The Morgan fingerprint density at radius 3 is 2.81 bits per heavy atom. The normalized spacial score (nSPS) is 17.5. The molecular weight excluding hydrogens is 269 g/mol. The summed E-state index contributed by atoms with van der Waals surface area (Å²) in [5.41, 5.74) is 2.48. The molecule has 1 unspecified atom stereocenters. The first kappa shape index (κ1) is 13.8. The molecule has 1 atom stereocenters. The number of rotatable bonds is 1. The third-order valence-electron chi connectivity index (χ3n) is 3.75. The molecule has 3 rings (SSSR count). The number of para-hydroxylation sites is 1. The predicted molar refractivity (Wildman–Crippen MR) is 78.8 cm³/mol. The Balaban J connectivity index is 2.01. The predicted octanol–water partition coefficient (Wildman–Crippen LogP) is 3.22. The highest BCUT2D eigenvalue weighted by Crippen LogP contribution is 2.34. The van der Waals surface area contributed by atoms with Crippen LogP contribution >= 0.6 is 0 Å². The Bertz CT molecular complexity index is 679. The van der Waals surface area contributed by atoms with Gasteiger partial charge in [0, 0.05) is 23.4 Å². The average molecular weight is 285 g/mol. The third kappa shape index (κ3) is 2.54. The molecule has 0 saturated heterocycles. The number of carbonyl (C=O) groups excluding carboxylic acids is 1. The number of amides is 1. The number of benzene rings is 2. The summed E-state index contributed by atoms with van der Waals surface area (Å²) in [6, 6.07) is 11.6. The van der Waals surface area contributed by atoms with Crippen LogP contribution in [-0.2, 0) is 0 Å². The molecule has 4 heteroatoms. The van der Waals surface area contributed by atoms with Gasteiger partial charge in [-0.05, 0) is 43.2 Å². The third-order valence-corrected chi connectivity index (χ3v) is 3.75. The number of nitrogens with zero attached hydrogens (tertiary/aromatic N) is 1. The van der Waals surface area contributed by atoms with Crippen molar-refractivity contribution in [2.75, 3.05) is 11.4 Å². The molecule has 3 nitrogen and oxygen atoms in total. The van der Waals surface area contributed by atoms with Gasteiger partial charge in [-0.25, -0.2) is 4.39 Å². The van der Waals surface area contributed by atoms with Crippen LogP contribution in [0.5, 0.6) is 0 Å². The van der Waals surface area contributed by atoms with Crippen LogP contribution in [0, 0.1) is 12.7 Å². The molecule has 2 aromatic carbocycles. The number of fused-ring (bicyclic) bond motifs is 1. The molecule has 0 bridgehead atoms. The van der Waals surface area contributed by atoms with Gasteiger partial charge in [-0.2, -0.15) is 0 Å². The van der Waals surface area contributed by atoms with Gasteiger partial charge in [-0.15, -0.1) is 0 Å². The highest BCUT2D eigenvalue weighted by Gasteiger charge is 2.28. The van der Waals surface area contributed by atoms with E-state index >= 15 is 0 Å². The van der Waals surface area contributed by atoms with Gasteiger partial charge in [0.15, 0.2) is 0 Å². The number of hydrogen-bond acceptors (Lipinski definition) is 2. The van der Waals surface area contributed by atoms with Crippen molar-refractivity contribution in [1.29, 1.82) is 0 Å². The monoisotopic (exact) mass is 285 g/mol. The van der Waals surface area contributed by atoms with E-state index in [1.807, 2.05) is 24.3 Å². The minimum absolute atomic E-state index is 0.239. The molecule has 21 heavy (non-hydrogen) atoms. The fourth-order valence-corrected chi connectivity index (χ4v) is 2.77. The zero-order valence-corrected chi connectivity index (χ0v) is 11.7. The smallest absolute Gasteiger partial charge is 0.258 e. The first-order valence-corrected chi connectivity index (χ1v) is 6.92. The summed E-state index contributed by atoms with van der Waals surface area (Å²) in [7, 11) is 0. The minimum atomic E-state index is -0.556. The molecule has 0 saturated carbocycles. The lowest BCUT2D eigenvalue weighted by atomic mass is 9.98. The molecule has 0 fully saturated rings. The molecule has 1 heterocycles. The Kier molecular flexibility index (Phi) is 3.47. The maximum absolute atomic E-state index is 13.5. The van der Waals surface area contributed by atoms with Gasteiger partial charge in [-0.3, -0.25) is 4.79 Å². The molecule has 0 spiro atoms. The first-order chi connectivity index (χ1) is 10.1. The first-order valence-electron chi connectivity index (χ1n) is 6.92. The van der Waals surface area contributed by atoms with Crippen molar-refractivity contribution in [2.45, 2.75) is 19.4 Å². The molecule has 1 N–H and O–H groups in total. The summed E-state index contributed by atoms with van der Waals surface area (Å²) < 4.78 is 13.5. The van der Waals surface area contributed by atoms with E-state index in [9.17, 15) is 14.3 Å². The summed E-state index contributed by atoms with van der Waals surface area (Å²) in [6.45, 7) is 2.18. The molecule has 0 radical (unpaired) electrons. The summed E-state index contributed by atoms with van der Waals surface area (Å²) in [5, 5.41) is 10.0. The van der Waals surface area contributed by atoms with Crippen molar-refractivity contribution >= 4 is 11.6 Å². The zero-order chi connectivity index (χ0) is 15.0. The van der Waals surface area contributed by atoms with Gasteiger partial charge in [0.2, 0.25) is 0 Å². The SMILES string of the molecule is Cc1cc(F)cc(C(=O)N2CCC(O)c3ccccc32)c1. The molecule has 0 aliphatic carbocycles. The topological polar surface area (TPSA) is 40.5 Å². The molecule has 2 aromatic rings. The molecule has 1 aliphatic heterocycles. The van der Waals surface area contributed by atoms with E-state index in [0.717, 1.165) is 5.56 Å². The van der Waals surface area contributed by atoms with E-state index in [-0.39, 0.29) is 5.91 Å². The summed E-state index contributed by atoms with van der Waals surface area (Å²) in [4.78, 5) is 14.3. The highest BCUT2D eigenvalue weighted by atomic mass is 19.1. The number of aryl methyl sites for hydroxylation is 1. The number of hydrogen-bond donors (Lipinski definition) is 1. The highest BCUT2D eigenvalue weighted by molar-refractivity contribution is 6.06. The lowest BCUT2D eigenvalue weighted by molar-refractivity contribution is 0.0970. The second-order valence-corrected chi connectivity index (χ2v) is 5.34. The van der Waals surface area contributed by atoms with E-state index in [0.29, 0.717) is 29.8 Å². The fourth-order valence-electron chi connectivity index (χ4n) is 2.77. The van der Waals surface area contributed by atoms with Crippen molar-refractivity contribution in [3.63, 3.8) is 0 Å². The van der Waals surface area contributed by atoms with Crippen LogP contribution in [-0.4, -0.2) is 17.6 Å². The Hall–Kier alpha value is -2.20. The van der Waals surface area contributed by atoms with Crippen LogP contribution in [0.15, 0.2) is 42.5 Å². The molecular formula is C17H16FNO2. The molecule has 0 aromatic heterocycles. The lowest BCUT2D eigenvalue weighted by Gasteiger charge is -2.32. The Morgan fingerprint density at radius 2 is 2.05 bits per heavy atom. The number of carbonyl (C=O) groups is 1. The van der Waals surface area contributed by atoms with Crippen LogP contribution in [0.3, 0.4) is 0 Å². The van der Waals surface area contributed by atoms with Gasteiger partial charge in [0.05, 0.1) is 6.10 Å². The molecule has 1 amide bonds. The van der Waals surface area contributed by atoms with Gasteiger partial charge in [0.1, 0.15) is 5.82 Å². The zero-order valence-electron chi connectivity index (χ0n) is 11.7. The summed E-state index contributed by atoms with van der Waals surface area (Å²) in [5.74, 6) is -0.652. The van der Waals surface area contributed by atoms with Crippen molar-refractivity contribution in [1.82, 2.24) is 0 Å². The largest absolute Gasteiger partial charge is 0.388 e. The molecule has 108 valence electrons. The summed E-state index contributed by atoms with van der Waals surface area (Å²) >= 11 is 0. The number of anilines is 1. The molecule has 1 aliphatic rings. The Morgan fingerprint density at radius 1 is 1.29 bits per heavy atom. The standard InChI is InChI=1S/C17H16FNO2/c1-11-8-12(10-13(18)9-11)17(21)19-7-6-16(20)14-4-2-3-5-15(14)19/h2-5,8-10,16,20H,6-7H2,1H3. The lowest BCUT2D eigenvalue weighted by Crippen LogP contribution is -2.36. The number of aliphatic hydroxyl groups excluding tert-OH is 1. The average Bonchev–Trinajstić information content (AvgIpc) is 2.46. The van der Waals surface area contributed by atoms with Crippen molar-refractivity contribution < 1.29 is 14.3 Å². The fraction of sp³-hybridized carbons (Fsp3) is 0.235. The number of halogens is 1. The quantitative estimate of drug-likeness (QED) is 0.874. The number of aliphatic hydroxyl groups is 1. The maximum atomic E-state index is 13.5. The van der Waals surface area contributed by atoms with Crippen LogP contribution in [0.4, 0.5) is 10.1 Å². The van der Waals surface area contributed by atoms with Gasteiger partial charge in [0.25, 0.3) is 5.91 Å².